The van der Waals surface area contributed by atoms with E-state index >= 15 is 0 Å². The van der Waals surface area contributed by atoms with Crippen molar-refractivity contribution >= 4 is 17.5 Å². The molecule has 8 heteroatoms. The molecule has 0 aliphatic carbocycles. The molecule has 2 aromatic heterocycles. The monoisotopic (exact) mass is 462 g/mol. The van der Waals surface area contributed by atoms with Gasteiger partial charge in [-0.15, -0.1) is 0 Å². The van der Waals surface area contributed by atoms with E-state index in [-0.39, 0.29) is 17.6 Å². The third-order valence-corrected chi connectivity index (χ3v) is 5.19. The molecule has 0 bridgehead atoms. The number of ether oxygens (including phenoxy) is 2. The number of carbonyl (C=O) groups excluding carboxylic acids is 1. The number of amides is 1. The second-order valence-corrected chi connectivity index (χ2v) is 7.55. The maximum absolute atomic E-state index is 12.9. The molecule has 0 fully saturated rings. The molecule has 33 heavy (non-hydrogen) atoms. The summed E-state index contributed by atoms with van der Waals surface area (Å²) in [5, 5.41) is 7.59. The first-order valence-corrected chi connectivity index (χ1v) is 10.9. The number of nitrogens with one attached hydrogen (secondary N) is 1. The Morgan fingerprint density at radius 2 is 1.79 bits per heavy atom. The van der Waals surface area contributed by atoms with Gasteiger partial charge in [-0.1, -0.05) is 29.8 Å². The van der Waals surface area contributed by atoms with E-state index in [2.05, 4.69) is 15.4 Å². The molecule has 0 saturated carbocycles. The van der Waals surface area contributed by atoms with Gasteiger partial charge in [0.2, 0.25) is 5.88 Å². The second-order valence-electron chi connectivity index (χ2n) is 7.19. The van der Waals surface area contributed by atoms with Crippen molar-refractivity contribution in [3.63, 3.8) is 0 Å². The number of hydrogen-bond donors (Lipinski definition) is 1. The summed E-state index contributed by atoms with van der Waals surface area (Å²) >= 11 is 6.49. The minimum absolute atomic E-state index is 0.269. The zero-order valence-electron chi connectivity index (χ0n) is 18.3. The van der Waals surface area contributed by atoms with Crippen molar-refractivity contribution in [2.75, 3.05) is 6.61 Å². The van der Waals surface area contributed by atoms with Gasteiger partial charge in [0, 0.05) is 18.8 Å². The standard InChI is InChI=1S/C25H23ClN4O3/c1-3-32-20-9-11-21(12-10-20)33-22-15-18(13-14-27-22)16-28-25(31)23-17(2)29-30(24(23)26)19-7-5-4-6-8-19/h4-15H,3,16H2,1-2H3,(H,28,31). The van der Waals surface area contributed by atoms with Crippen molar-refractivity contribution in [2.24, 2.45) is 0 Å². The van der Waals surface area contributed by atoms with Gasteiger partial charge < -0.3 is 14.8 Å². The van der Waals surface area contributed by atoms with Crippen LogP contribution in [-0.4, -0.2) is 27.3 Å². The maximum Gasteiger partial charge on any atom is 0.256 e. The van der Waals surface area contributed by atoms with Gasteiger partial charge in [-0.25, -0.2) is 9.67 Å². The van der Waals surface area contributed by atoms with Crippen molar-refractivity contribution in [1.29, 1.82) is 0 Å². The molecular formula is C25H23ClN4O3. The molecule has 168 valence electrons. The Balaban J connectivity index is 1.42. The Morgan fingerprint density at radius 1 is 1.06 bits per heavy atom. The smallest absolute Gasteiger partial charge is 0.256 e. The minimum atomic E-state index is -0.300. The van der Waals surface area contributed by atoms with Gasteiger partial charge in [-0.3, -0.25) is 4.79 Å². The van der Waals surface area contributed by atoms with Crippen LogP contribution in [0.5, 0.6) is 17.4 Å². The van der Waals surface area contributed by atoms with E-state index in [0.29, 0.717) is 29.5 Å². The van der Waals surface area contributed by atoms with E-state index < -0.39 is 0 Å². The normalized spacial score (nSPS) is 10.6. The highest BCUT2D eigenvalue weighted by Gasteiger charge is 2.21. The average molecular weight is 463 g/mol. The van der Waals surface area contributed by atoms with Crippen molar-refractivity contribution in [2.45, 2.75) is 20.4 Å². The number of pyridine rings is 1. The molecule has 4 aromatic rings. The zero-order valence-corrected chi connectivity index (χ0v) is 19.0. The lowest BCUT2D eigenvalue weighted by Crippen LogP contribution is -2.23. The predicted molar refractivity (Wildman–Crippen MR) is 126 cm³/mol. The van der Waals surface area contributed by atoms with Crippen molar-refractivity contribution in [3.05, 3.63) is 94.9 Å². The average Bonchev–Trinajstić information content (AvgIpc) is 3.13. The van der Waals surface area contributed by atoms with Gasteiger partial charge in [0.1, 0.15) is 16.7 Å². The molecule has 1 amide bonds. The van der Waals surface area contributed by atoms with Crippen LogP contribution in [0.1, 0.15) is 28.5 Å². The van der Waals surface area contributed by atoms with E-state index in [1.165, 1.54) is 0 Å². The number of hydrogen-bond acceptors (Lipinski definition) is 5. The Morgan fingerprint density at radius 3 is 2.52 bits per heavy atom. The van der Waals surface area contributed by atoms with Crippen LogP contribution in [-0.2, 0) is 6.54 Å². The summed E-state index contributed by atoms with van der Waals surface area (Å²) in [5.74, 6) is 1.55. The van der Waals surface area contributed by atoms with Crippen molar-refractivity contribution < 1.29 is 14.3 Å². The number of para-hydroxylation sites is 1. The van der Waals surface area contributed by atoms with E-state index in [1.807, 2.05) is 67.6 Å². The summed E-state index contributed by atoms with van der Waals surface area (Å²) in [6, 6.07) is 20.3. The van der Waals surface area contributed by atoms with Crippen LogP contribution in [0.4, 0.5) is 0 Å². The fraction of sp³-hybridized carbons (Fsp3) is 0.160. The van der Waals surface area contributed by atoms with Crippen LogP contribution < -0.4 is 14.8 Å². The van der Waals surface area contributed by atoms with Crippen molar-refractivity contribution in [1.82, 2.24) is 20.1 Å². The lowest BCUT2D eigenvalue weighted by molar-refractivity contribution is 0.0950. The Kier molecular flexibility index (Phi) is 6.90. The highest BCUT2D eigenvalue weighted by Crippen LogP contribution is 2.25. The first-order valence-electron chi connectivity index (χ1n) is 10.5. The summed E-state index contributed by atoms with van der Waals surface area (Å²) in [6.07, 6.45) is 1.64. The largest absolute Gasteiger partial charge is 0.494 e. The van der Waals surface area contributed by atoms with Crippen LogP contribution in [0.2, 0.25) is 5.15 Å². The summed E-state index contributed by atoms with van der Waals surface area (Å²) in [6.45, 7) is 4.58. The van der Waals surface area contributed by atoms with E-state index in [0.717, 1.165) is 17.0 Å². The summed E-state index contributed by atoms with van der Waals surface area (Å²) in [4.78, 5) is 17.1. The van der Waals surface area contributed by atoms with Gasteiger partial charge >= 0.3 is 0 Å². The molecule has 0 aliphatic rings. The quantitative estimate of drug-likeness (QED) is 0.382. The molecule has 0 radical (unpaired) electrons. The predicted octanol–water partition coefficient (Wildman–Crippen LogP) is 5.35. The number of carbonyl (C=O) groups is 1. The number of aromatic nitrogens is 3. The number of rotatable bonds is 8. The number of aryl methyl sites for hydroxylation is 1. The number of nitrogens with zero attached hydrogens (tertiary/aromatic N) is 3. The maximum atomic E-state index is 12.9. The van der Waals surface area contributed by atoms with Gasteiger partial charge in [-0.05, 0) is 61.9 Å². The highest BCUT2D eigenvalue weighted by atomic mass is 35.5. The number of halogens is 1. The molecular weight excluding hydrogens is 440 g/mol. The molecule has 0 aliphatic heterocycles. The van der Waals surface area contributed by atoms with Crippen molar-refractivity contribution in [3.8, 4) is 23.1 Å². The van der Waals surface area contributed by atoms with Crippen LogP contribution >= 0.6 is 11.6 Å². The van der Waals surface area contributed by atoms with Crippen LogP contribution in [0, 0.1) is 6.92 Å². The van der Waals surface area contributed by atoms with Gasteiger partial charge in [0.25, 0.3) is 5.91 Å². The summed E-state index contributed by atoms with van der Waals surface area (Å²) in [7, 11) is 0. The highest BCUT2D eigenvalue weighted by molar-refractivity contribution is 6.33. The second kappa shape index (κ2) is 10.2. The van der Waals surface area contributed by atoms with Gasteiger partial charge in [-0.2, -0.15) is 5.10 Å². The third-order valence-electron chi connectivity index (χ3n) is 4.84. The minimum Gasteiger partial charge on any atom is -0.494 e. The number of benzene rings is 2. The molecule has 7 nitrogen and oxygen atoms in total. The van der Waals surface area contributed by atoms with Crippen LogP contribution in [0.25, 0.3) is 5.69 Å². The van der Waals surface area contributed by atoms with Crippen LogP contribution in [0.15, 0.2) is 72.9 Å². The van der Waals surface area contributed by atoms with Gasteiger partial charge in [0.15, 0.2) is 0 Å². The molecule has 0 spiro atoms. The molecule has 0 atom stereocenters. The first kappa shape index (κ1) is 22.4. The van der Waals surface area contributed by atoms with E-state index in [4.69, 9.17) is 21.1 Å². The lowest BCUT2D eigenvalue weighted by atomic mass is 10.2. The summed E-state index contributed by atoms with van der Waals surface area (Å²) < 4.78 is 12.8. The van der Waals surface area contributed by atoms with Gasteiger partial charge in [0.05, 0.1) is 23.6 Å². The first-order chi connectivity index (χ1) is 16.0. The van der Waals surface area contributed by atoms with E-state index in [1.54, 1.807) is 23.9 Å². The molecule has 4 rings (SSSR count). The Hall–Kier alpha value is -3.84. The zero-order chi connectivity index (χ0) is 23.2. The fourth-order valence-corrected chi connectivity index (χ4v) is 3.63. The SMILES string of the molecule is CCOc1ccc(Oc2cc(CNC(=O)c3c(C)nn(-c4ccccc4)c3Cl)ccn2)cc1. The van der Waals surface area contributed by atoms with E-state index in [9.17, 15) is 4.79 Å². The molecule has 0 unspecified atom stereocenters. The lowest BCUT2D eigenvalue weighted by Gasteiger charge is -2.09. The molecule has 0 saturated heterocycles. The third kappa shape index (κ3) is 5.32. The summed E-state index contributed by atoms with van der Waals surface area (Å²) in [5.41, 5.74) is 2.52. The molecule has 1 N–H and O–H groups in total. The Bertz CT molecular complexity index is 1240. The topological polar surface area (TPSA) is 78.3 Å². The molecule has 2 heterocycles. The van der Waals surface area contributed by atoms with Crippen LogP contribution in [0.3, 0.4) is 0 Å². The molecule has 2 aromatic carbocycles. The fourth-order valence-electron chi connectivity index (χ4n) is 3.28. The Labute approximate surface area is 196 Å².